The van der Waals surface area contributed by atoms with Gasteiger partial charge in [-0.15, -0.1) is 0 Å². The zero-order valence-corrected chi connectivity index (χ0v) is 16.8. The van der Waals surface area contributed by atoms with Gasteiger partial charge in [0.05, 0.1) is 37.3 Å². The fourth-order valence-electron chi connectivity index (χ4n) is 5.62. The summed E-state index contributed by atoms with van der Waals surface area (Å²) in [7, 11) is 2.90. The monoisotopic (exact) mass is 406 g/mol. The van der Waals surface area contributed by atoms with Crippen molar-refractivity contribution in [3.8, 4) is 5.75 Å². The van der Waals surface area contributed by atoms with Crippen molar-refractivity contribution in [3.63, 3.8) is 0 Å². The third-order valence-corrected chi connectivity index (χ3v) is 6.90. The fourth-order valence-corrected chi connectivity index (χ4v) is 5.62. The number of para-hydroxylation sites is 1. The lowest BCUT2D eigenvalue weighted by Crippen LogP contribution is -2.54. The van der Waals surface area contributed by atoms with Gasteiger partial charge in [-0.05, 0) is 42.7 Å². The number of hydrogen-bond acceptors (Lipinski definition) is 6. The van der Waals surface area contributed by atoms with Gasteiger partial charge >= 0.3 is 5.97 Å². The lowest BCUT2D eigenvalue weighted by molar-refractivity contribution is -0.152. The van der Waals surface area contributed by atoms with Crippen molar-refractivity contribution in [1.29, 1.82) is 0 Å². The van der Waals surface area contributed by atoms with E-state index in [-0.39, 0.29) is 11.8 Å². The first-order valence-electron chi connectivity index (χ1n) is 9.94. The number of hydrogen-bond donors (Lipinski definition) is 1. The topological polar surface area (TPSA) is 84.9 Å². The number of rotatable bonds is 4. The Morgan fingerprint density at radius 1 is 0.967 bits per heavy atom. The summed E-state index contributed by atoms with van der Waals surface area (Å²) in [6, 6.07) is 16.3. The summed E-state index contributed by atoms with van der Waals surface area (Å²) in [4.78, 5) is 41.3. The van der Waals surface area contributed by atoms with Gasteiger partial charge in [0.25, 0.3) is 0 Å². The standard InChI is InChI=1S/C23H22N2O5/c1-29-16-10-8-14(9-11-16)22-12-13-23(24-22,21(28)30-2)18-17(22)19(26)25(20(18)27)15-6-4-3-5-7-15/h3-11,17-18,24H,12-13H2,1-2H3/t17-,18+,22+,23+/m0/s1. The first kappa shape index (κ1) is 18.8. The number of carbonyl (C=O) groups is 3. The van der Waals surface area contributed by atoms with Gasteiger partial charge in [0.1, 0.15) is 11.3 Å². The Balaban J connectivity index is 1.66. The normalized spacial score (nSPS) is 31.7. The molecule has 2 bridgehead atoms. The van der Waals surface area contributed by atoms with Crippen molar-refractivity contribution >= 4 is 23.5 Å². The number of imide groups is 1. The maximum absolute atomic E-state index is 13.6. The number of methoxy groups -OCH3 is 2. The number of esters is 1. The van der Waals surface area contributed by atoms with Crippen LogP contribution in [0, 0.1) is 11.8 Å². The summed E-state index contributed by atoms with van der Waals surface area (Å²) in [6.07, 6.45) is 0.978. The van der Waals surface area contributed by atoms with Crippen LogP contribution in [0.5, 0.6) is 5.75 Å². The minimum absolute atomic E-state index is 0.287. The number of fused-ring (bicyclic) bond motifs is 5. The average molecular weight is 406 g/mol. The molecule has 1 N–H and O–H groups in total. The minimum Gasteiger partial charge on any atom is -0.497 e. The van der Waals surface area contributed by atoms with E-state index in [4.69, 9.17) is 9.47 Å². The van der Waals surface area contributed by atoms with Crippen LogP contribution in [0.3, 0.4) is 0 Å². The van der Waals surface area contributed by atoms with Crippen LogP contribution in [-0.4, -0.2) is 37.5 Å². The molecule has 3 aliphatic rings. The molecule has 0 aliphatic carbocycles. The molecule has 7 heteroatoms. The van der Waals surface area contributed by atoms with Crippen molar-refractivity contribution in [3.05, 3.63) is 60.2 Å². The van der Waals surface area contributed by atoms with Crippen molar-refractivity contribution in [2.24, 2.45) is 11.8 Å². The molecule has 2 amide bonds. The average Bonchev–Trinajstić information content (AvgIpc) is 3.42. The van der Waals surface area contributed by atoms with Crippen LogP contribution in [-0.2, 0) is 24.7 Å². The molecule has 0 unspecified atom stereocenters. The van der Waals surface area contributed by atoms with Gasteiger partial charge in [0.2, 0.25) is 11.8 Å². The van der Waals surface area contributed by atoms with E-state index in [0.717, 1.165) is 5.56 Å². The second kappa shape index (κ2) is 6.40. The molecule has 0 saturated carbocycles. The zero-order valence-electron chi connectivity index (χ0n) is 16.8. The molecule has 0 aromatic heterocycles. The molecule has 154 valence electrons. The summed E-state index contributed by atoms with van der Waals surface area (Å²) in [6.45, 7) is 0. The lowest BCUT2D eigenvalue weighted by Gasteiger charge is -2.33. The van der Waals surface area contributed by atoms with Gasteiger partial charge in [0.15, 0.2) is 0 Å². The Bertz CT molecular complexity index is 1040. The Morgan fingerprint density at radius 3 is 2.27 bits per heavy atom. The third kappa shape index (κ3) is 2.21. The molecule has 3 aliphatic heterocycles. The number of benzene rings is 2. The summed E-state index contributed by atoms with van der Waals surface area (Å²) < 4.78 is 10.4. The fraction of sp³-hybridized carbons (Fsp3) is 0.348. The van der Waals surface area contributed by atoms with Crippen molar-refractivity contribution in [1.82, 2.24) is 5.32 Å². The van der Waals surface area contributed by atoms with Crippen LogP contribution in [0.2, 0.25) is 0 Å². The molecule has 3 fully saturated rings. The first-order chi connectivity index (χ1) is 14.5. The number of carbonyl (C=O) groups excluding carboxylic acids is 3. The summed E-state index contributed by atoms with van der Waals surface area (Å²) in [5.41, 5.74) is -0.652. The Labute approximate surface area is 174 Å². The van der Waals surface area contributed by atoms with Crippen molar-refractivity contribution < 1.29 is 23.9 Å². The first-order valence-corrected chi connectivity index (χ1v) is 9.94. The molecule has 2 aromatic rings. The van der Waals surface area contributed by atoms with Crippen LogP contribution in [0.4, 0.5) is 5.69 Å². The molecule has 0 radical (unpaired) electrons. The minimum atomic E-state index is -1.21. The van der Waals surface area contributed by atoms with Crippen molar-refractivity contribution in [2.75, 3.05) is 19.1 Å². The van der Waals surface area contributed by atoms with Crippen LogP contribution in [0.1, 0.15) is 18.4 Å². The summed E-state index contributed by atoms with van der Waals surface area (Å²) in [5.74, 6) is -1.95. The highest BCUT2D eigenvalue weighted by molar-refractivity contribution is 6.24. The van der Waals surface area contributed by atoms with Gasteiger partial charge in [-0.25, -0.2) is 4.90 Å². The number of ether oxygens (including phenoxy) is 2. The molecular formula is C23H22N2O5. The zero-order chi connectivity index (χ0) is 21.1. The van der Waals surface area contributed by atoms with Gasteiger partial charge in [-0.2, -0.15) is 0 Å². The molecule has 7 nitrogen and oxygen atoms in total. The molecule has 3 saturated heterocycles. The van der Waals surface area contributed by atoms with Crippen LogP contribution in [0.15, 0.2) is 54.6 Å². The van der Waals surface area contributed by atoms with E-state index in [9.17, 15) is 14.4 Å². The predicted octanol–water partition coefficient (Wildman–Crippen LogP) is 2.01. The summed E-state index contributed by atoms with van der Waals surface area (Å²) in [5, 5.41) is 3.41. The highest BCUT2D eigenvalue weighted by Crippen LogP contribution is 2.61. The molecule has 5 rings (SSSR count). The van der Waals surface area contributed by atoms with E-state index in [2.05, 4.69) is 5.32 Å². The number of nitrogens with zero attached hydrogens (tertiary/aromatic N) is 1. The number of amides is 2. The van der Waals surface area contributed by atoms with Crippen LogP contribution in [0.25, 0.3) is 0 Å². The third-order valence-electron chi connectivity index (χ3n) is 6.90. The smallest absolute Gasteiger partial charge is 0.326 e. The SMILES string of the molecule is COC(=O)[C@]12CC[C@](c3ccc(OC)cc3)(N1)[C@@H]1C(=O)N(c3ccccc3)C(=O)[C@@H]12. The second-order valence-electron chi connectivity index (χ2n) is 8.09. The molecule has 2 aromatic carbocycles. The maximum atomic E-state index is 13.6. The Kier molecular flexibility index (Phi) is 4.02. The number of anilines is 1. The molecule has 4 atom stereocenters. The summed E-state index contributed by atoms with van der Waals surface area (Å²) >= 11 is 0. The quantitative estimate of drug-likeness (QED) is 0.618. The number of nitrogens with one attached hydrogen (secondary N) is 1. The van der Waals surface area contributed by atoms with Crippen molar-refractivity contribution in [2.45, 2.75) is 23.9 Å². The van der Waals surface area contributed by atoms with Gasteiger partial charge in [-0.3, -0.25) is 19.7 Å². The highest BCUT2D eigenvalue weighted by Gasteiger charge is 2.77. The van der Waals surface area contributed by atoms with Gasteiger partial charge < -0.3 is 9.47 Å². The maximum Gasteiger partial charge on any atom is 0.326 e. The van der Waals surface area contributed by atoms with Gasteiger partial charge in [-0.1, -0.05) is 30.3 Å². The molecule has 3 heterocycles. The molecule has 30 heavy (non-hydrogen) atoms. The highest BCUT2D eigenvalue weighted by atomic mass is 16.5. The second-order valence-corrected chi connectivity index (χ2v) is 8.09. The molecule has 0 spiro atoms. The van der Waals surface area contributed by atoms with E-state index in [1.165, 1.54) is 12.0 Å². The Morgan fingerprint density at radius 2 is 1.63 bits per heavy atom. The lowest BCUT2D eigenvalue weighted by atomic mass is 9.65. The largest absolute Gasteiger partial charge is 0.497 e. The predicted molar refractivity (Wildman–Crippen MR) is 108 cm³/mol. The van der Waals surface area contributed by atoms with E-state index in [1.807, 2.05) is 30.3 Å². The van der Waals surface area contributed by atoms with E-state index in [1.54, 1.807) is 31.4 Å². The van der Waals surface area contributed by atoms with E-state index >= 15 is 0 Å². The Hall–Kier alpha value is -3.19. The van der Waals surface area contributed by atoms with Crippen LogP contribution >= 0.6 is 0 Å². The molecular weight excluding hydrogens is 384 g/mol. The van der Waals surface area contributed by atoms with Crippen LogP contribution < -0.4 is 15.0 Å². The van der Waals surface area contributed by atoms with E-state index in [0.29, 0.717) is 24.3 Å². The van der Waals surface area contributed by atoms with Gasteiger partial charge in [0, 0.05) is 0 Å². The van der Waals surface area contributed by atoms with E-state index < -0.39 is 28.9 Å².